The fourth-order valence-corrected chi connectivity index (χ4v) is 1.52. The first-order valence-corrected chi connectivity index (χ1v) is 6.06. The SMILES string of the molecule is CCCn1ccnc1CNCCOC(C)C. The topological polar surface area (TPSA) is 39.1 Å². The molecular formula is C12H23N3O. The Labute approximate surface area is 98.0 Å². The lowest BCUT2D eigenvalue weighted by atomic mass is 10.4. The van der Waals surface area contributed by atoms with E-state index < -0.39 is 0 Å². The number of aryl methyl sites for hydroxylation is 1. The second-order valence-corrected chi connectivity index (χ2v) is 4.13. The van der Waals surface area contributed by atoms with E-state index in [0.717, 1.165) is 38.5 Å². The van der Waals surface area contributed by atoms with Crippen molar-refractivity contribution in [3.63, 3.8) is 0 Å². The molecule has 1 aromatic rings. The van der Waals surface area contributed by atoms with Crippen LogP contribution in [0.1, 0.15) is 33.0 Å². The van der Waals surface area contributed by atoms with E-state index in [1.165, 1.54) is 0 Å². The van der Waals surface area contributed by atoms with Gasteiger partial charge < -0.3 is 14.6 Å². The predicted octanol–water partition coefficient (Wildman–Crippen LogP) is 1.81. The van der Waals surface area contributed by atoms with Crippen LogP contribution in [-0.2, 0) is 17.8 Å². The quantitative estimate of drug-likeness (QED) is 0.686. The highest BCUT2D eigenvalue weighted by Crippen LogP contribution is 1.98. The number of rotatable bonds is 8. The number of hydrogen-bond acceptors (Lipinski definition) is 3. The number of nitrogens with zero attached hydrogens (tertiary/aromatic N) is 2. The van der Waals surface area contributed by atoms with E-state index in [1.807, 2.05) is 26.2 Å². The van der Waals surface area contributed by atoms with Gasteiger partial charge in [0.15, 0.2) is 0 Å². The lowest BCUT2D eigenvalue weighted by molar-refractivity contribution is 0.0806. The van der Waals surface area contributed by atoms with E-state index in [-0.39, 0.29) is 0 Å². The van der Waals surface area contributed by atoms with Crippen LogP contribution in [0.4, 0.5) is 0 Å². The van der Waals surface area contributed by atoms with E-state index in [0.29, 0.717) is 6.10 Å². The van der Waals surface area contributed by atoms with Crippen LogP contribution < -0.4 is 5.32 Å². The molecule has 0 atom stereocenters. The number of ether oxygens (including phenoxy) is 1. The maximum Gasteiger partial charge on any atom is 0.122 e. The summed E-state index contributed by atoms with van der Waals surface area (Å²) in [5.74, 6) is 1.10. The second-order valence-electron chi connectivity index (χ2n) is 4.13. The third-order valence-electron chi connectivity index (χ3n) is 2.28. The standard InChI is InChI=1S/C12H23N3O/c1-4-7-15-8-5-14-12(15)10-13-6-9-16-11(2)3/h5,8,11,13H,4,6-7,9-10H2,1-3H3. The van der Waals surface area contributed by atoms with Gasteiger partial charge >= 0.3 is 0 Å². The first-order valence-electron chi connectivity index (χ1n) is 6.06. The molecule has 0 saturated carbocycles. The van der Waals surface area contributed by atoms with Crippen LogP contribution in [0.2, 0.25) is 0 Å². The Morgan fingerprint density at radius 1 is 1.50 bits per heavy atom. The van der Waals surface area contributed by atoms with Gasteiger partial charge in [-0.2, -0.15) is 0 Å². The largest absolute Gasteiger partial charge is 0.377 e. The van der Waals surface area contributed by atoms with Crippen molar-refractivity contribution < 1.29 is 4.74 Å². The zero-order valence-electron chi connectivity index (χ0n) is 10.6. The van der Waals surface area contributed by atoms with Gasteiger partial charge in [0.1, 0.15) is 5.82 Å². The molecule has 0 fully saturated rings. The number of imidazole rings is 1. The maximum atomic E-state index is 5.45. The molecular weight excluding hydrogens is 202 g/mol. The van der Waals surface area contributed by atoms with Gasteiger partial charge in [0, 0.05) is 25.5 Å². The highest BCUT2D eigenvalue weighted by molar-refractivity contribution is 4.91. The van der Waals surface area contributed by atoms with Crippen molar-refractivity contribution in [2.75, 3.05) is 13.2 Å². The van der Waals surface area contributed by atoms with Gasteiger partial charge in [0.25, 0.3) is 0 Å². The van der Waals surface area contributed by atoms with E-state index in [9.17, 15) is 0 Å². The first kappa shape index (κ1) is 13.2. The Morgan fingerprint density at radius 2 is 2.31 bits per heavy atom. The molecule has 1 heterocycles. The summed E-state index contributed by atoms with van der Waals surface area (Å²) in [6, 6.07) is 0. The van der Waals surface area contributed by atoms with E-state index in [4.69, 9.17) is 4.74 Å². The molecule has 0 aliphatic rings. The summed E-state index contributed by atoms with van der Waals surface area (Å²) in [7, 11) is 0. The van der Waals surface area contributed by atoms with E-state index in [2.05, 4.69) is 21.8 Å². The lowest BCUT2D eigenvalue weighted by Crippen LogP contribution is -2.22. The van der Waals surface area contributed by atoms with Crippen LogP contribution in [0, 0.1) is 0 Å². The van der Waals surface area contributed by atoms with Crippen molar-refractivity contribution in [2.45, 2.75) is 46.4 Å². The fraction of sp³-hybridized carbons (Fsp3) is 0.750. The Hall–Kier alpha value is -0.870. The van der Waals surface area contributed by atoms with Crippen LogP contribution in [0.5, 0.6) is 0 Å². The van der Waals surface area contributed by atoms with E-state index >= 15 is 0 Å². The van der Waals surface area contributed by atoms with Gasteiger partial charge in [-0.05, 0) is 20.3 Å². The summed E-state index contributed by atoms with van der Waals surface area (Å²) in [6.45, 7) is 9.76. The Kier molecular flexibility index (Phi) is 6.11. The highest BCUT2D eigenvalue weighted by Gasteiger charge is 2.00. The van der Waals surface area contributed by atoms with Crippen molar-refractivity contribution in [2.24, 2.45) is 0 Å². The number of hydrogen-bond donors (Lipinski definition) is 1. The van der Waals surface area contributed by atoms with Gasteiger partial charge in [-0.15, -0.1) is 0 Å². The average molecular weight is 225 g/mol. The first-order chi connectivity index (χ1) is 7.74. The molecule has 0 bridgehead atoms. The Morgan fingerprint density at radius 3 is 3.00 bits per heavy atom. The van der Waals surface area contributed by atoms with Crippen molar-refractivity contribution in [1.82, 2.24) is 14.9 Å². The van der Waals surface area contributed by atoms with Crippen molar-refractivity contribution in [1.29, 1.82) is 0 Å². The predicted molar refractivity (Wildman–Crippen MR) is 65.3 cm³/mol. The fourth-order valence-electron chi connectivity index (χ4n) is 1.52. The maximum absolute atomic E-state index is 5.45. The molecule has 1 rings (SSSR count). The summed E-state index contributed by atoms with van der Waals surface area (Å²) < 4.78 is 7.64. The molecule has 16 heavy (non-hydrogen) atoms. The zero-order valence-corrected chi connectivity index (χ0v) is 10.6. The van der Waals surface area contributed by atoms with Crippen LogP contribution in [0.25, 0.3) is 0 Å². The molecule has 0 radical (unpaired) electrons. The summed E-state index contributed by atoms with van der Waals surface area (Å²) in [6.07, 6.45) is 5.34. The normalized spacial score (nSPS) is 11.2. The highest BCUT2D eigenvalue weighted by atomic mass is 16.5. The van der Waals surface area contributed by atoms with Crippen LogP contribution in [-0.4, -0.2) is 28.8 Å². The van der Waals surface area contributed by atoms with Crippen molar-refractivity contribution in [3.05, 3.63) is 18.2 Å². The summed E-state index contributed by atoms with van der Waals surface area (Å²) in [5, 5.41) is 3.33. The molecule has 0 aromatic carbocycles. The smallest absolute Gasteiger partial charge is 0.122 e. The molecule has 1 aromatic heterocycles. The Bertz CT molecular complexity index is 284. The van der Waals surface area contributed by atoms with Gasteiger partial charge in [-0.3, -0.25) is 0 Å². The third kappa shape index (κ3) is 4.77. The summed E-state index contributed by atoms with van der Waals surface area (Å²) >= 11 is 0. The number of aromatic nitrogens is 2. The molecule has 92 valence electrons. The van der Waals surface area contributed by atoms with Gasteiger partial charge in [-0.25, -0.2) is 4.98 Å². The molecule has 1 N–H and O–H groups in total. The molecule has 0 amide bonds. The minimum Gasteiger partial charge on any atom is -0.377 e. The molecule has 0 aliphatic heterocycles. The molecule has 4 nitrogen and oxygen atoms in total. The van der Waals surface area contributed by atoms with Gasteiger partial charge in [-0.1, -0.05) is 6.92 Å². The minimum atomic E-state index is 0.309. The number of nitrogens with one attached hydrogen (secondary N) is 1. The molecule has 0 spiro atoms. The second kappa shape index (κ2) is 7.41. The van der Waals surface area contributed by atoms with Crippen LogP contribution in [0.3, 0.4) is 0 Å². The minimum absolute atomic E-state index is 0.309. The summed E-state index contributed by atoms with van der Waals surface area (Å²) in [5.41, 5.74) is 0. The van der Waals surface area contributed by atoms with E-state index in [1.54, 1.807) is 0 Å². The molecule has 0 unspecified atom stereocenters. The lowest BCUT2D eigenvalue weighted by Gasteiger charge is -2.09. The molecule has 0 saturated heterocycles. The average Bonchev–Trinajstić information content (AvgIpc) is 2.65. The Balaban J connectivity index is 2.18. The third-order valence-corrected chi connectivity index (χ3v) is 2.28. The molecule has 0 aliphatic carbocycles. The monoisotopic (exact) mass is 225 g/mol. The van der Waals surface area contributed by atoms with Crippen LogP contribution in [0.15, 0.2) is 12.4 Å². The molecule has 4 heteroatoms. The van der Waals surface area contributed by atoms with Gasteiger partial charge in [0.2, 0.25) is 0 Å². The van der Waals surface area contributed by atoms with Crippen molar-refractivity contribution >= 4 is 0 Å². The van der Waals surface area contributed by atoms with Gasteiger partial charge in [0.05, 0.1) is 19.3 Å². The van der Waals surface area contributed by atoms with Crippen molar-refractivity contribution in [3.8, 4) is 0 Å². The van der Waals surface area contributed by atoms with Crippen LogP contribution >= 0.6 is 0 Å². The zero-order chi connectivity index (χ0) is 11.8. The summed E-state index contributed by atoms with van der Waals surface area (Å²) in [4.78, 5) is 4.33.